The number of rotatable bonds is 6. The summed E-state index contributed by atoms with van der Waals surface area (Å²) in [5, 5.41) is 15.9. The number of aliphatic hydroxyl groups is 1. The number of para-hydroxylation sites is 2. The van der Waals surface area contributed by atoms with Gasteiger partial charge in [-0.3, -0.25) is 9.78 Å². The normalized spacial score (nSPS) is 12.9. The van der Waals surface area contributed by atoms with Crippen molar-refractivity contribution in [3.63, 3.8) is 0 Å². The van der Waals surface area contributed by atoms with Gasteiger partial charge in [0.15, 0.2) is 0 Å². The van der Waals surface area contributed by atoms with Crippen LogP contribution in [0.15, 0.2) is 67.0 Å². The molecule has 0 aliphatic carbocycles. The highest BCUT2D eigenvalue weighted by Gasteiger charge is 2.33. The van der Waals surface area contributed by atoms with Crippen LogP contribution < -0.4 is 5.32 Å². The third kappa shape index (κ3) is 3.94. The molecule has 2 heterocycles. The Balaban J connectivity index is 1.57. The fraction of sp³-hybridized carbons (Fsp3) is 0.280. The van der Waals surface area contributed by atoms with Gasteiger partial charge in [0, 0.05) is 35.7 Å². The van der Waals surface area contributed by atoms with Crippen LogP contribution in [0.5, 0.6) is 0 Å². The molecule has 0 aliphatic rings. The van der Waals surface area contributed by atoms with Crippen molar-refractivity contribution in [3.05, 3.63) is 72.6 Å². The smallest absolute Gasteiger partial charge is 0.230 e. The van der Waals surface area contributed by atoms with E-state index in [0.29, 0.717) is 18.5 Å². The number of carbonyl (C=O) groups excluding carboxylic acids is 1. The standard InChI is InChI=1S/C25H27N3O2/c1-25(2,30)20(14-13-18-16-28(3)22-12-5-4-10-19(18)22)24(29)27-21-11-6-8-17-9-7-15-26-23(17)21/h4-12,15-16,20,30H,13-14H2,1-3H3,(H,27,29). The maximum atomic E-state index is 13.2. The summed E-state index contributed by atoms with van der Waals surface area (Å²) in [5.74, 6) is -0.753. The zero-order valence-corrected chi connectivity index (χ0v) is 17.6. The van der Waals surface area contributed by atoms with Crippen LogP contribution in [0.25, 0.3) is 21.8 Å². The second-order valence-electron chi connectivity index (χ2n) is 8.40. The Morgan fingerprint density at radius 3 is 2.70 bits per heavy atom. The molecule has 30 heavy (non-hydrogen) atoms. The van der Waals surface area contributed by atoms with E-state index >= 15 is 0 Å². The Bertz CT molecular complexity index is 1200. The molecule has 1 amide bonds. The first-order valence-corrected chi connectivity index (χ1v) is 10.2. The second kappa shape index (κ2) is 7.92. The summed E-state index contributed by atoms with van der Waals surface area (Å²) in [4.78, 5) is 17.6. The lowest BCUT2D eigenvalue weighted by Gasteiger charge is -2.28. The summed E-state index contributed by atoms with van der Waals surface area (Å²) in [6.45, 7) is 3.39. The lowest BCUT2D eigenvalue weighted by Crippen LogP contribution is -2.40. The number of benzene rings is 2. The van der Waals surface area contributed by atoms with Crippen molar-refractivity contribution in [3.8, 4) is 0 Å². The molecule has 1 atom stereocenters. The van der Waals surface area contributed by atoms with Gasteiger partial charge in [-0.2, -0.15) is 0 Å². The van der Waals surface area contributed by atoms with Gasteiger partial charge >= 0.3 is 0 Å². The summed E-state index contributed by atoms with van der Waals surface area (Å²) >= 11 is 0. The first-order valence-electron chi connectivity index (χ1n) is 10.2. The number of anilines is 1. The first-order chi connectivity index (χ1) is 14.3. The van der Waals surface area contributed by atoms with Gasteiger partial charge in [-0.15, -0.1) is 0 Å². The molecule has 2 N–H and O–H groups in total. The number of amides is 1. The molecule has 4 rings (SSSR count). The van der Waals surface area contributed by atoms with Gasteiger partial charge < -0.3 is 15.0 Å². The van der Waals surface area contributed by atoms with Crippen LogP contribution in [-0.2, 0) is 18.3 Å². The monoisotopic (exact) mass is 401 g/mol. The van der Waals surface area contributed by atoms with E-state index in [2.05, 4.69) is 33.2 Å². The molecule has 0 saturated heterocycles. The molecule has 154 valence electrons. The van der Waals surface area contributed by atoms with Gasteiger partial charge in [0.2, 0.25) is 5.91 Å². The van der Waals surface area contributed by atoms with Crippen molar-refractivity contribution in [1.29, 1.82) is 0 Å². The maximum absolute atomic E-state index is 13.2. The largest absolute Gasteiger partial charge is 0.390 e. The fourth-order valence-electron chi connectivity index (χ4n) is 4.15. The van der Waals surface area contributed by atoms with Crippen LogP contribution in [0.1, 0.15) is 25.8 Å². The second-order valence-corrected chi connectivity index (χ2v) is 8.40. The van der Waals surface area contributed by atoms with Crippen LogP contribution in [0.4, 0.5) is 5.69 Å². The van der Waals surface area contributed by atoms with Gasteiger partial charge in [-0.25, -0.2) is 0 Å². The van der Waals surface area contributed by atoms with Gasteiger partial charge in [-0.1, -0.05) is 36.4 Å². The van der Waals surface area contributed by atoms with E-state index < -0.39 is 11.5 Å². The SMILES string of the molecule is Cn1cc(CCC(C(=O)Nc2cccc3cccnc23)C(C)(C)O)c2ccccc21. The average molecular weight is 402 g/mol. The van der Waals surface area contributed by atoms with Gasteiger partial charge in [-0.05, 0) is 50.5 Å². The minimum Gasteiger partial charge on any atom is -0.390 e. The molecule has 4 aromatic rings. The quantitative estimate of drug-likeness (QED) is 0.493. The Labute approximate surface area is 176 Å². The zero-order valence-electron chi connectivity index (χ0n) is 17.6. The fourth-order valence-corrected chi connectivity index (χ4v) is 4.15. The molecule has 2 aromatic carbocycles. The lowest BCUT2D eigenvalue weighted by atomic mass is 9.85. The number of nitrogens with one attached hydrogen (secondary N) is 1. The van der Waals surface area contributed by atoms with E-state index in [9.17, 15) is 9.90 Å². The number of hydrogen-bond acceptors (Lipinski definition) is 3. The molecule has 2 aromatic heterocycles. The molecule has 1 unspecified atom stereocenters. The van der Waals surface area contributed by atoms with Crippen LogP contribution in [0.3, 0.4) is 0 Å². The molecule has 0 aliphatic heterocycles. The first kappa shape index (κ1) is 20.1. The van der Waals surface area contributed by atoms with Crippen LogP contribution in [0, 0.1) is 5.92 Å². The number of nitrogens with zero attached hydrogens (tertiary/aromatic N) is 2. The number of aryl methyl sites for hydroxylation is 2. The molecule has 0 fully saturated rings. The van der Waals surface area contributed by atoms with E-state index in [4.69, 9.17) is 0 Å². The Morgan fingerprint density at radius 2 is 1.90 bits per heavy atom. The maximum Gasteiger partial charge on any atom is 0.230 e. The molecule has 0 spiro atoms. The summed E-state index contributed by atoms with van der Waals surface area (Å²) in [6, 6.07) is 17.8. The minimum absolute atomic E-state index is 0.194. The highest BCUT2D eigenvalue weighted by atomic mass is 16.3. The third-order valence-corrected chi connectivity index (χ3v) is 5.74. The highest BCUT2D eigenvalue weighted by molar-refractivity contribution is 6.01. The van der Waals surface area contributed by atoms with Crippen LogP contribution in [-0.4, -0.2) is 26.2 Å². The summed E-state index contributed by atoms with van der Waals surface area (Å²) < 4.78 is 2.10. The topological polar surface area (TPSA) is 67.2 Å². The lowest BCUT2D eigenvalue weighted by molar-refractivity contribution is -0.127. The van der Waals surface area contributed by atoms with E-state index in [0.717, 1.165) is 10.9 Å². The highest BCUT2D eigenvalue weighted by Crippen LogP contribution is 2.29. The van der Waals surface area contributed by atoms with Crippen molar-refractivity contribution in [2.45, 2.75) is 32.3 Å². The van der Waals surface area contributed by atoms with E-state index in [1.165, 1.54) is 16.5 Å². The molecule has 0 bridgehead atoms. The third-order valence-electron chi connectivity index (χ3n) is 5.74. The summed E-state index contributed by atoms with van der Waals surface area (Å²) in [5.41, 5.74) is 2.61. The molecule has 5 nitrogen and oxygen atoms in total. The van der Waals surface area contributed by atoms with E-state index in [1.807, 2.05) is 49.5 Å². The Kier molecular flexibility index (Phi) is 5.31. The van der Waals surface area contributed by atoms with Crippen LogP contribution >= 0.6 is 0 Å². The number of hydrogen-bond donors (Lipinski definition) is 2. The summed E-state index contributed by atoms with van der Waals surface area (Å²) in [6.07, 6.45) is 5.07. The minimum atomic E-state index is -1.15. The average Bonchev–Trinajstić information content (AvgIpc) is 3.03. The van der Waals surface area contributed by atoms with Crippen molar-refractivity contribution in [2.24, 2.45) is 13.0 Å². The van der Waals surface area contributed by atoms with Crippen molar-refractivity contribution in [1.82, 2.24) is 9.55 Å². The zero-order chi connectivity index (χ0) is 21.3. The van der Waals surface area contributed by atoms with Crippen molar-refractivity contribution < 1.29 is 9.90 Å². The molecule has 0 saturated carbocycles. The predicted molar refractivity (Wildman–Crippen MR) is 121 cm³/mol. The Hall–Kier alpha value is -3.18. The Morgan fingerprint density at radius 1 is 1.13 bits per heavy atom. The van der Waals surface area contributed by atoms with E-state index in [-0.39, 0.29) is 5.91 Å². The summed E-state index contributed by atoms with van der Waals surface area (Å²) in [7, 11) is 2.03. The van der Waals surface area contributed by atoms with Crippen molar-refractivity contribution in [2.75, 3.05) is 5.32 Å². The van der Waals surface area contributed by atoms with Gasteiger partial charge in [0.1, 0.15) is 0 Å². The number of fused-ring (bicyclic) bond motifs is 2. The number of aromatic nitrogens is 2. The molecular weight excluding hydrogens is 374 g/mol. The number of pyridine rings is 1. The van der Waals surface area contributed by atoms with Crippen LogP contribution in [0.2, 0.25) is 0 Å². The van der Waals surface area contributed by atoms with E-state index in [1.54, 1.807) is 20.0 Å². The van der Waals surface area contributed by atoms with Gasteiger partial charge in [0.25, 0.3) is 0 Å². The molecule has 5 heteroatoms. The van der Waals surface area contributed by atoms with Crippen molar-refractivity contribution >= 4 is 33.4 Å². The number of carbonyl (C=O) groups is 1. The molecule has 0 radical (unpaired) electrons. The molecular formula is C25H27N3O2. The predicted octanol–water partition coefficient (Wildman–Crippen LogP) is 4.68. The van der Waals surface area contributed by atoms with Gasteiger partial charge in [0.05, 0.1) is 22.7 Å².